The second kappa shape index (κ2) is 12.6. The van der Waals surface area contributed by atoms with E-state index in [1.165, 1.54) is 12.8 Å². The standard InChI is InChI=1S/C32H33N3O5/c1-38-25-14-9-21(10-15-25)30-31(22-11-16-26(39-2)17-12-22)35-28-19-23(13-18-27(28)34-30)32(37)40-20-29(36)33-24-7-5-3-4-6-8-24/h9-19,24H,3-8,20H2,1-2H3,(H,33,36). The second-order valence-electron chi connectivity index (χ2n) is 9.91. The number of benzene rings is 3. The summed E-state index contributed by atoms with van der Waals surface area (Å²) in [4.78, 5) is 35.1. The fourth-order valence-corrected chi connectivity index (χ4v) is 4.99. The molecule has 0 spiro atoms. The average molecular weight is 540 g/mol. The normalized spacial score (nSPS) is 13.8. The Bertz CT molecular complexity index is 1480. The van der Waals surface area contributed by atoms with Gasteiger partial charge in [0.1, 0.15) is 11.5 Å². The lowest BCUT2D eigenvalue weighted by atomic mass is 10.0. The molecule has 5 rings (SSSR count). The minimum atomic E-state index is -0.579. The number of hydrogen-bond acceptors (Lipinski definition) is 7. The molecule has 4 aromatic rings. The number of rotatable bonds is 8. The van der Waals surface area contributed by atoms with Crippen molar-refractivity contribution in [1.29, 1.82) is 0 Å². The van der Waals surface area contributed by atoms with Crippen LogP contribution in [0.3, 0.4) is 0 Å². The van der Waals surface area contributed by atoms with Crippen LogP contribution in [0.2, 0.25) is 0 Å². The van der Waals surface area contributed by atoms with Gasteiger partial charge in [-0.2, -0.15) is 0 Å². The molecule has 8 nitrogen and oxygen atoms in total. The van der Waals surface area contributed by atoms with Crippen molar-refractivity contribution in [3.63, 3.8) is 0 Å². The van der Waals surface area contributed by atoms with Gasteiger partial charge in [-0.25, -0.2) is 14.8 Å². The van der Waals surface area contributed by atoms with Gasteiger partial charge in [-0.1, -0.05) is 25.7 Å². The largest absolute Gasteiger partial charge is 0.497 e. The molecule has 40 heavy (non-hydrogen) atoms. The Kier molecular flexibility index (Phi) is 8.54. The van der Waals surface area contributed by atoms with Gasteiger partial charge in [-0.15, -0.1) is 0 Å². The molecule has 0 atom stereocenters. The van der Waals surface area contributed by atoms with E-state index in [4.69, 9.17) is 24.2 Å². The van der Waals surface area contributed by atoms with Crippen molar-refractivity contribution in [3.05, 3.63) is 72.3 Å². The molecule has 0 saturated heterocycles. The molecule has 1 aliphatic carbocycles. The first-order valence-electron chi connectivity index (χ1n) is 13.6. The monoisotopic (exact) mass is 539 g/mol. The molecule has 1 aromatic heterocycles. The molecule has 1 heterocycles. The van der Waals surface area contributed by atoms with Crippen LogP contribution in [0.25, 0.3) is 33.5 Å². The quantitative estimate of drug-likeness (QED) is 0.217. The Morgan fingerprint density at radius 1 is 0.750 bits per heavy atom. The Labute approximate surface area is 233 Å². The maximum Gasteiger partial charge on any atom is 0.338 e. The Hall–Kier alpha value is -4.46. The fourth-order valence-electron chi connectivity index (χ4n) is 4.99. The summed E-state index contributed by atoms with van der Waals surface area (Å²) in [6.07, 6.45) is 6.57. The number of carbonyl (C=O) groups is 2. The van der Waals surface area contributed by atoms with E-state index < -0.39 is 5.97 Å². The minimum Gasteiger partial charge on any atom is -0.497 e. The van der Waals surface area contributed by atoms with Crippen molar-refractivity contribution >= 4 is 22.9 Å². The molecule has 8 heteroatoms. The van der Waals surface area contributed by atoms with E-state index in [9.17, 15) is 9.59 Å². The average Bonchev–Trinajstić information content (AvgIpc) is 3.27. The molecule has 1 saturated carbocycles. The van der Waals surface area contributed by atoms with Gasteiger partial charge in [0.15, 0.2) is 6.61 Å². The summed E-state index contributed by atoms with van der Waals surface area (Å²) in [7, 11) is 3.25. The smallest absolute Gasteiger partial charge is 0.338 e. The van der Waals surface area contributed by atoms with Crippen LogP contribution >= 0.6 is 0 Å². The maximum absolute atomic E-state index is 12.8. The number of carbonyl (C=O) groups excluding carboxylic acids is 2. The van der Waals surface area contributed by atoms with Crippen molar-refractivity contribution in [2.75, 3.05) is 20.8 Å². The van der Waals surface area contributed by atoms with Crippen molar-refractivity contribution in [2.24, 2.45) is 0 Å². The second-order valence-corrected chi connectivity index (χ2v) is 9.91. The predicted molar refractivity (Wildman–Crippen MR) is 153 cm³/mol. The van der Waals surface area contributed by atoms with Crippen LogP contribution in [0.4, 0.5) is 0 Å². The summed E-state index contributed by atoms with van der Waals surface area (Å²) in [5.41, 5.74) is 4.57. The molecule has 0 unspecified atom stereocenters. The summed E-state index contributed by atoms with van der Waals surface area (Å²) in [5.74, 6) is 0.628. The van der Waals surface area contributed by atoms with E-state index in [0.717, 1.165) is 48.3 Å². The van der Waals surface area contributed by atoms with Crippen molar-refractivity contribution in [2.45, 2.75) is 44.6 Å². The number of methoxy groups -OCH3 is 2. The zero-order chi connectivity index (χ0) is 27.9. The zero-order valence-electron chi connectivity index (χ0n) is 22.8. The van der Waals surface area contributed by atoms with Crippen LogP contribution in [0.1, 0.15) is 48.9 Å². The number of esters is 1. The summed E-state index contributed by atoms with van der Waals surface area (Å²) in [5, 5.41) is 3.00. The Morgan fingerprint density at radius 2 is 1.30 bits per heavy atom. The summed E-state index contributed by atoms with van der Waals surface area (Å²) >= 11 is 0. The van der Waals surface area contributed by atoms with Crippen LogP contribution in [0.5, 0.6) is 11.5 Å². The lowest BCUT2D eigenvalue weighted by Gasteiger charge is -2.16. The number of amides is 1. The van der Waals surface area contributed by atoms with Gasteiger partial charge in [-0.3, -0.25) is 4.79 Å². The van der Waals surface area contributed by atoms with Crippen molar-refractivity contribution < 1.29 is 23.8 Å². The van der Waals surface area contributed by atoms with Gasteiger partial charge in [-0.05, 0) is 79.6 Å². The third kappa shape index (κ3) is 6.39. The number of nitrogens with zero attached hydrogens (tertiary/aromatic N) is 2. The van der Waals surface area contributed by atoms with E-state index in [2.05, 4.69) is 5.32 Å². The lowest BCUT2D eigenvalue weighted by Crippen LogP contribution is -2.37. The zero-order valence-corrected chi connectivity index (χ0v) is 22.8. The highest BCUT2D eigenvalue weighted by Crippen LogP contribution is 2.33. The number of fused-ring (bicyclic) bond motifs is 1. The Morgan fingerprint density at radius 3 is 1.85 bits per heavy atom. The molecule has 206 valence electrons. The molecular formula is C32H33N3O5. The molecule has 1 N–H and O–H groups in total. The molecule has 0 radical (unpaired) electrons. The fraction of sp³-hybridized carbons (Fsp3) is 0.312. The number of ether oxygens (including phenoxy) is 3. The van der Waals surface area contributed by atoms with Crippen LogP contribution in [0.15, 0.2) is 66.7 Å². The summed E-state index contributed by atoms with van der Waals surface area (Å²) < 4.78 is 16.0. The molecule has 3 aromatic carbocycles. The predicted octanol–water partition coefficient (Wildman–Crippen LogP) is 5.98. The van der Waals surface area contributed by atoms with Crippen molar-refractivity contribution in [3.8, 4) is 34.0 Å². The van der Waals surface area contributed by atoms with E-state index in [-0.39, 0.29) is 18.6 Å². The number of nitrogens with one attached hydrogen (secondary N) is 1. The van der Waals surface area contributed by atoms with Crippen LogP contribution in [-0.2, 0) is 9.53 Å². The van der Waals surface area contributed by atoms with Crippen LogP contribution < -0.4 is 14.8 Å². The first-order valence-corrected chi connectivity index (χ1v) is 13.6. The SMILES string of the molecule is COc1ccc(-c2nc3ccc(C(=O)OCC(=O)NC4CCCCCC4)cc3nc2-c2ccc(OC)cc2)cc1. The first kappa shape index (κ1) is 27.1. The lowest BCUT2D eigenvalue weighted by molar-refractivity contribution is -0.125. The highest BCUT2D eigenvalue weighted by atomic mass is 16.5. The van der Waals surface area contributed by atoms with Crippen LogP contribution in [-0.4, -0.2) is 48.7 Å². The molecular weight excluding hydrogens is 506 g/mol. The van der Waals surface area contributed by atoms with E-state index >= 15 is 0 Å². The molecule has 1 fully saturated rings. The van der Waals surface area contributed by atoms with Gasteiger partial charge in [0.25, 0.3) is 5.91 Å². The topological polar surface area (TPSA) is 99.6 Å². The molecule has 0 bridgehead atoms. The first-order chi connectivity index (χ1) is 19.5. The third-order valence-electron chi connectivity index (χ3n) is 7.18. The minimum absolute atomic E-state index is 0.154. The highest BCUT2D eigenvalue weighted by Gasteiger charge is 2.18. The third-order valence-corrected chi connectivity index (χ3v) is 7.18. The highest BCUT2D eigenvalue weighted by molar-refractivity contribution is 5.96. The Balaban J connectivity index is 1.40. The molecule has 1 amide bonds. The van der Waals surface area contributed by atoms with Crippen LogP contribution in [0, 0.1) is 0 Å². The van der Waals surface area contributed by atoms with E-state index in [0.29, 0.717) is 28.0 Å². The van der Waals surface area contributed by atoms with E-state index in [1.807, 2.05) is 48.5 Å². The summed E-state index contributed by atoms with van der Waals surface area (Å²) in [6.45, 7) is -0.313. The maximum atomic E-state index is 12.8. The van der Waals surface area contributed by atoms with E-state index in [1.54, 1.807) is 32.4 Å². The molecule has 1 aliphatic rings. The number of aromatic nitrogens is 2. The van der Waals surface area contributed by atoms with Gasteiger partial charge >= 0.3 is 5.97 Å². The van der Waals surface area contributed by atoms with Crippen molar-refractivity contribution in [1.82, 2.24) is 15.3 Å². The summed E-state index contributed by atoms with van der Waals surface area (Å²) in [6, 6.07) is 20.4. The van der Waals surface area contributed by atoms with Gasteiger partial charge in [0, 0.05) is 17.2 Å². The molecule has 0 aliphatic heterocycles. The van der Waals surface area contributed by atoms with Gasteiger partial charge in [0.05, 0.1) is 42.2 Å². The van der Waals surface area contributed by atoms with Gasteiger partial charge < -0.3 is 19.5 Å². The van der Waals surface area contributed by atoms with Gasteiger partial charge in [0.2, 0.25) is 0 Å². The number of hydrogen-bond donors (Lipinski definition) is 1.